The number of halogens is 3. The molecule has 0 amide bonds. The third-order valence-electron chi connectivity index (χ3n) is 2.76. The SMILES string of the molecule is CCOCN1CCc2cnc(C(F)(F)F)nc2C1. The summed E-state index contributed by atoms with van der Waals surface area (Å²) in [7, 11) is 0. The topological polar surface area (TPSA) is 38.2 Å². The molecule has 0 saturated heterocycles. The predicted octanol–water partition coefficient (Wildman–Crippen LogP) is 1.85. The van der Waals surface area contributed by atoms with Crippen LogP contribution in [0.15, 0.2) is 6.20 Å². The van der Waals surface area contributed by atoms with E-state index in [1.54, 1.807) is 0 Å². The average Bonchev–Trinajstić information content (AvgIpc) is 2.34. The highest BCUT2D eigenvalue weighted by Crippen LogP contribution is 2.27. The fraction of sp³-hybridized carbons (Fsp3) is 0.636. The Morgan fingerprint density at radius 2 is 2.22 bits per heavy atom. The largest absolute Gasteiger partial charge is 0.451 e. The molecule has 0 N–H and O–H groups in total. The number of alkyl halides is 3. The first-order valence-electron chi connectivity index (χ1n) is 5.72. The monoisotopic (exact) mass is 261 g/mol. The number of hydrogen-bond donors (Lipinski definition) is 0. The van der Waals surface area contributed by atoms with E-state index >= 15 is 0 Å². The molecule has 0 aromatic carbocycles. The van der Waals surface area contributed by atoms with Crippen LogP contribution >= 0.6 is 0 Å². The van der Waals surface area contributed by atoms with Crippen molar-refractivity contribution in [3.63, 3.8) is 0 Å². The Morgan fingerprint density at radius 1 is 1.44 bits per heavy atom. The average molecular weight is 261 g/mol. The van der Waals surface area contributed by atoms with E-state index < -0.39 is 12.0 Å². The molecule has 0 radical (unpaired) electrons. The molecule has 100 valence electrons. The summed E-state index contributed by atoms with van der Waals surface area (Å²) in [6.45, 7) is 4.01. The van der Waals surface area contributed by atoms with Crippen molar-refractivity contribution in [2.45, 2.75) is 26.1 Å². The molecule has 2 heterocycles. The van der Waals surface area contributed by atoms with Crippen molar-refractivity contribution in [2.75, 3.05) is 19.9 Å². The van der Waals surface area contributed by atoms with Crippen LogP contribution in [0.4, 0.5) is 13.2 Å². The van der Waals surface area contributed by atoms with Gasteiger partial charge in [0.1, 0.15) is 0 Å². The minimum Gasteiger partial charge on any atom is -0.366 e. The Hall–Kier alpha value is -1.21. The highest BCUT2D eigenvalue weighted by atomic mass is 19.4. The highest BCUT2D eigenvalue weighted by molar-refractivity contribution is 5.21. The van der Waals surface area contributed by atoms with E-state index in [-0.39, 0.29) is 0 Å². The van der Waals surface area contributed by atoms with Gasteiger partial charge in [-0.25, -0.2) is 9.97 Å². The van der Waals surface area contributed by atoms with Gasteiger partial charge in [-0.2, -0.15) is 13.2 Å². The zero-order valence-corrected chi connectivity index (χ0v) is 10.00. The number of aromatic nitrogens is 2. The van der Waals surface area contributed by atoms with Crippen molar-refractivity contribution in [3.05, 3.63) is 23.3 Å². The van der Waals surface area contributed by atoms with Gasteiger partial charge in [0.05, 0.1) is 12.4 Å². The summed E-state index contributed by atoms with van der Waals surface area (Å²) in [5.41, 5.74) is 1.24. The molecule has 0 unspecified atom stereocenters. The molecule has 7 heteroatoms. The smallest absolute Gasteiger partial charge is 0.366 e. The van der Waals surface area contributed by atoms with Gasteiger partial charge in [-0.15, -0.1) is 0 Å². The molecule has 0 spiro atoms. The Labute approximate surface area is 103 Å². The van der Waals surface area contributed by atoms with Gasteiger partial charge in [0.25, 0.3) is 0 Å². The summed E-state index contributed by atoms with van der Waals surface area (Å²) in [4.78, 5) is 8.90. The van der Waals surface area contributed by atoms with Gasteiger partial charge in [0.15, 0.2) is 0 Å². The van der Waals surface area contributed by atoms with Crippen molar-refractivity contribution in [3.8, 4) is 0 Å². The summed E-state index contributed by atoms with van der Waals surface area (Å²) in [6, 6.07) is 0. The van der Waals surface area contributed by atoms with Crippen LogP contribution in [0, 0.1) is 0 Å². The molecule has 1 aliphatic rings. The van der Waals surface area contributed by atoms with Crippen LogP contribution in [0.25, 0.3) is 0 Å². The summed E-state index contributed by atoms with van der Waals surface area (Å²) in [5.74, 6) is -1.07. The van der Waals surface area contributed by atoms with Crippen LogP contribution in [-0.4, -0.2) is 34.8 Å². The minimum atomic E-state index is -4.49. The standard InChI is InChI=1S/C11H14F3N3O/c1-2-18-7-17-4-3-8-5-15-10(11(12,13)14)16-9(8)6-17/h5H,2-4,6-7H2,1H3. The highest BCUT2D eigenvalue weighted by Gasteiger charge is 2.35. The van der Waals surface area contributed by atoms with E-state index in [1.807, 2.05) is 11.8 Å². The van der Waals surface area contributed by atoms with Gasteiger partial charge in [-0.1, -0.05) is 0 Å². The first kappa shape index (κ1) is 13.2. The third kappa shape index (κ3) is 2.97. The Bertz CT molecular complexity index is 422. The lowest BCUT2D eigenvalue weighted by molar-refractivity contribution is -0.145. The summed E-state index contributed by atoms with van der Waals surface area (Å²) < 4.78 is 42.7. The molecular formula is C11H14F3N3O. The maximum absolute atomic E-state index is 12.5. The maximum Gasteiger partial charge on any atom is 0.451 e. The summed E-state index contributed by atoms with van der Waals surface area (Å²) in [6.07, 6.45) is -2.55. The second-order valence-electron chi connectivity index (χ2n) is 4.09. The quantitative estimate of drug-likeness (QED) is 0.832. The van der Waals surface area contributed by atoms with Crippen LogP contribution in [0.2, 0.25) is 0 Å². The summed E-state index contributed by atoms with van der Waals surface area (Å²) in [5, 5.41) is 0. The van der Waals surface area contributed by atoms with E-state index in [4.69, 9.17) is 4.74 Å². The zero-order valence-electron chi connectivity index (χ0n) is 10.00. The van der Waals surface area contributed by atoms with Crippen molar-refractivity contribution in [2.24, 2.45) is 0 Å². The molecule has 2 rings (SSSR count). The molecular weight excluding hydrogens is 247 g/mol. The van der Waals surface area contributed by atoms with Gasteiger partial charge in [0.2, 0.25) is 5.82 Å². The van der Waals surface area contributed by atoms with Crippen molar-refractivity contribution in [1.29, 1.82) is 0 Å². The van der Waals surface area contributed by atoms with Gasteiger partial charge in [-0.3, -0.25) is 4.90 Å². The van der Waals surface area contributed by atoms with Crippen LogP contribution in [0.1, 0.15) is 24.0 Å². The fourth-order valence-corrected chi connectivity index (χ4v) is 1.82. The van der Waals surface area contributed by atoms with Crippen LogP contribution in [0.5, 0.6) is 0 Å². The first-order valence-corrected chi connectivity index (χ1v) is 5.72. The molecule has 0 atom stereocenters. The van der Waals surface area contributed by atoms with Gasteiger partial charge >= 0.3 is 6.18 Å². The van der Waals surface area contributed by atoms with Crippen LogP contribution in [0.3, 0.4) is 0 Å². The lowest BCUT2D eigenvalue weighted by atomic mass is 10.1. The normalized spacial score (nSPS) is 16.7. The number of hydrogen-bond acceptors (Lipinski definition) is 4. The van der Waals surface area contributed by atoms with Gasteiger partial charge < -0.3 is 4.74 Å². The lowest BCUT2D eigenvalue weighted by Gasteiger charge is -2.27. The molecule has 1 aliphatic heterocycles. The van der Waals surface area contributed by atoms with Crippen LogP contribution in [-0.2, 0) is 23.9 Å². The van der Waals surface area contributed by atoms with E-state index in [9.17, 15) is 13.2 Å². The lowest BCUT2D eigenvalue weighted by Crippen LogP contribution is -2.34. The Balaban J connectivity index is 2.14. The first-order chi connectivity index (χ1) is 8.50. The molecule has 18 heavy (non-hydrogen) atoms. The Kier molecular flexibility index (Phi) is 3.82. The fourth-order valence-electron chi connectivity index (χ4n) is 1.82. The van der Waals surface area contributed by atoms with E-state index in [2.05, 4.69) is 9.97 Å². The van der Waals surface area contributed by atoms with Crippen molar-refractivity contribution >= 4 is 0 Å². The molecule has 0 aliphatic carbocycles. The number of ether oxygens (including phenoxy) is 1. The molecule has 1 aromatic heterocycles. The number of rotatable bonds is 3. The number of fused-ring (bicyclic) bond motifs is 1. The molecule has 0 saturated carbocycles. The third-order valence-corrected chi connectivity index (χ3v) is 2.76. The van der Waals surface area contributed by atoms with E-state index in [1.165, 1.54) is 6.20 Å². The van der Waals surface area contributed by atoms with Crippen molar-refractivity contribution < 1.29 is 17.9 Å². The zero-order chi connectivity index (χ0) is 13.2. The second-order valence-corrected chi connectivity index (χ2v) is 4.09. The van der Waals surface area contributed by atoms with Crippen molar-refractivity contribution in [1.82, 2.24) is 14.9 Å². The van der Waals surface area contributed by atoms with Gasteiger partial charge in [0, 0.05) is 25.9 Å². The Morgan fingerprint density at radius 3 is 2.89 bits per heavy atom. The van der Waals surface area contributed by atoms with E-state index in [0.717, 1.165) is 12.1 Å². The molecule has 0 bridgehead atoms. The maximum atomic E-state index is 12.5. The molecule has 1 aromatic rings. The minimum absolute atomic E-state index is 0.376. The molecule has 4 nitrogen and oxygen atoms in total. The van der Waals surface area contributed by atoms with E-state index in [0.29, 0.717) is 32.0 Å². The predicted molar refractivity (Wildman–Crippen MR) is 57.6 cm³/mol. The number of nitrogens with zero attached hydrogens (tertiary/aromatic N) is 3. The summed E-state index contributed by atoms with van der Waals surface area (Å²) >= 11 is 0. The van der Waals surface area contributed by atoms with Gasteiger partial charge in [-0.05, 0) is 18.9 Å². The molecule has 0 fully saturated rings. The van der Waals surface area contributed by atoms with Crippen LogP contribution < -0.4 is 0 Å². The second kappa shape index (κ2) is 5.19.